The van der Waals surface area contributed by atoms with Crippen molar-refractivity contribution in [1.29, 1.82) is 0 Å². The summed E-state index contributed by atoms with van der Waals surface area (Å²) < 4.78 is 10.9. The fraction of sp³-hybridized carbons (Fsp3) is 0.429. The number of fused-ring (bicyclic) bond motifs is 2. The average molecular weight is 371 g/mol. The highest BCUT2D eigenvalue weighted by Crippen LogP contribution is 2.28. The minimum Gasteiger partial charge on any atom is -0.464 e. The molecule has 0 saturated heterocycles. The first-order valence-corrected chi connectivity index (χ1v) is 9.20. The van der Waals surface area contributed by atoms with Crippen molar-refractivity contribution in [1.82, 2.24) is 5.32 Å². The molecule has 3 aromatic rings. The van der Waals surface area contributed by atoms with Gasteiger partial charge in [-0.2, -0.15) is 0 Å². The number of hydrogen-bond donors (Lipinski definition) is 2. The standard InChI is InChI=1S/C21H25NO5/c1-5-11(2)17(9-23)22-20(24)7-16-13(4)15-6-14-12(3)10-26-18(14)8-19(15)27-21(16)25/h6,8,10-11,17,23H,5,7,9H2,1-4H3,(H,22,24)/t11-,17+/m0/s1. The Bertz CT molecular complexity index is 1050. The number of aryl methyl sites for hydroxylation is 2. The van der Waals surface area contributed by atoms with E-state index in [1.165, 1.54) is 0 Å². The minimum atomic E-state index is -0.526. The zero-order valence-electron chi connectivity index (χ0n) is 16.1. The Labute approximate surface area is 157 Å². The van der Waals surface area contributed by atoms with Gasteiger partial charge in [0.1, 0.15) is 11.2 Å². The molecule has 0 unspecified atom stereocenters. The number of carbonyl (C=O) groups is 1. The van der Waals surface area contributed by atoms with Crippen molar-refractivity contribution in [2.45, 2.75) is 46.6 Å². The van der Waals surface area contributed by atoms with Crippen molar-refractivity contribution in [2.75, 3.05) is 6.61 Å². The van der Waals surface area contributed by atoms with E-state index in [4.69, 9.17) is 8.83 Å². The summed E-state index contributed by atoms with van der Waals surface area (Å²) in [5.74, 6) is -0.157. The lowest BCUT2D eigenvalue weighted by Crippen LogP contribution is -2.43. The SMILES string of the molecule is CC[C@H](C)[C@@H](CO)NC(=O)Cc1c(C)c2cc3c(C)coc3cc2oc1=O. The van der Waals surface area contributed by atoms with Crippen LogP contribution in [-0.4, -0.2) is 23.7 Å². The van der Waals surface area contributed by atoms with Crippen LogP contribution in [0, 0.1) is 19.8 Å². The van der Waals surface area contributed by atoms with Gasteiger partial charge >= 0.3 is 5.63 Å². The molecule has 3 rings (SSSR count). The molecule has 2 aromatic heterocycles. The first-order valence-electron chi connectivity index (χ1n) is 9.20. The van der Waals surface area contributed by atoms with E-state index in [1.807, 2.05) is 33.8 Å². The van der Waals surface area contributed by atoms with Gasteiger partial charge in [0.25, 0.3) is 0 Å². The summed E-state index contributed by atoms with van der Waals surface area (Å²) in [6, 6.07) is 3.31. The molecule has 2 heterocycles. The summed E-state index contributed by atoms with van der Waals surface area (Å²) in [7, 11) is 0. The van der Waals surface area contributed by atoms with Gasteiger partial charge < -0.3 is 19.3 Å². The second-order valence-electron chi connectivity index (χ2n) is 7.18. The molecule has 0 spiro atoms. The number of benzene rings is 1. The summed E-state index contributed by atoms with van der Waals surface area (Å²) in [6.45, 7) is 7.60. The third-order valence-electron chi connectivity index (χ3n) is 5.39. The molecule has 144 valence electrons. The molecule has 27 heavy (non-hydrogen) atoms. The van der Waals surface area contributed by atoms with Crippen LogP contribution in [-0.2, 0) is 11.2 Å². The Morgan fingerprint density at radius 1 is 1.22 bits per heavy atom. The fourth-order valence-electron chi connectivity index (χ4n) is 3.31. The maximum absolute atomic E-state index is 12.5. The van der Waals surface area contributed by atoms with E-state index in [2.05, 4.69) is 5.32 Å². The quantitative estimate of drug-likeness (QED) is 0.649. The highest BCUT2D eigenvalue weighted by Gasteiger charge is 2.20. The first kappa shape index (κ1) is 19.2. The molecule has 1 amide bonds. The summed E-state index contributed by atoms with van der Waals surface area (Å²) in [5, 5.41) is 14.1. The van der Waals surface area contributed by atoms with Crippen molar-refractivity contribution in [3.8, 4) is 0 Å². The molecule has 0 bridgehead atoms. The molecule has 0 aliphatic rings. The zero-order chi connectivity index (χ0) is 19.7. The molecular weight excluding hydrogens is 346 g/mol. The largest absolute Gasteiger partial charge is 0.464 e. The highest BCUT2D eigenvalue weighted by molar-refractivity contribution is 5.96. The van der Waals surface area contributed by atoms with Gasteiger partial charge in [-0.25, -0.2) is 4.79 Å². The fourth-order valence-corrected chi connectivity index (χ4v) is 3.31. The van der Waals surface area contributed by atoms with E-state index in [-0.39, 0.29) is 30.9 Å². The van der Waals surface area contributed by atoms with E-state index in [9.17, 15) is 14.7 Å². The minimum absolute atomic E-state index is 0.0839. The predicted octanol–water partition coefficient (Wildman–Crippen LogP) is 3.22. The maximum Gasteiger partial charge on any atom is 0.340 e. The van der Waals surface area contributed by atoms with Gasteiger partial charge in [0.15, 0.2) is 0 Å². The summed E-state index contributed by atoms with van der Waals surface area (Å²) >= 11 is 0. The topological polar surface area (TPSA) is 92.7 Å². The van der Waals surface area contributed by atoms with Crippen molar-refractivity contribution in [3.63, 3.8) is 0 Å². The van der Waals surface area contributed by atoms with E-state index in [1.54, 1.807) is 12.3 Å². The molecular formula is C21H25NO5. The van der Waals surface area contributed by atoms with Gasteiger partial charge in [0.05, 0.1) is 30.9 Å². The van der Waals surface area contributed by atoms with Crippen LogP contribution in [0.5, 0.6) is 0 Å². The van der Waals surface area contributed by atoms with Crippen LogP contribution in [0.15, 0.2) is 32.0 Å². The molecule has 1 aromatic carbocycles. The molecule has 2 N–H and O–H groups in total. The number of furan rings is 1. The molecule has 0 aliphatic carbocycles. The van der Waals surface area contributed by atoms with Gasteiger partial charge in [-0.05, 0) is 37.0 Å². The van der Waals surface area contributed by atoms with Crippen LogP contribution in [0.4, 0.5) is 0 Å². The monoisotopic (exact) mass is 371 g/mol. The van der Waals surface area contributed by atoms with Crippen molar-refractivity contribution >= 4 is 27.8 Å². The van der Waals surface area contributed by atoms with Gasteiger partial charge in [0, 0.05) is 16.8 Å². The number of aliphatic hydroxyl groups is 1. The lowest BCUT2D eigenvalue weighted by Gasteiger charge is -2.22. The number of nitrogens with one attached hydrogen (secondary N) is 1. The molecule has 0 radical (unpaired) electrons. The molecule has 0 saturated carbocycles. The van der Waals surface area contributed by atoms with Crippen molar-refractivity contribution in [2.24, 2.45) is 5.92 Å². The third kappa shape index (κ3) is 3.62. The Morgan fingerprint density at radius 3 is 2.63 bits per heavy atom. The number of rotatable bonds is 6. The normalized spacial score (nSPS) is 13.8. The van der Waals surface area contributed by atoms with E-state index < -0.39 is 5.63 Å². The third-order valence-corrected chi connectivity index (χ3v) is 5.39. The number of hydrogen-bond acceptors (Lipinski definition) is 5. The number of carbonyl (C=O) groups excluding carboxylic acids is 1. The van der Waals surface area contributed by atoms with Gasteiger partial charge in [0.2, 0.25) is 5.91 Å². The molecule has 6 nitrogen and oxygen atoms in total. The molecule has 6 heteroatoms. The van der Waals surface area contributed by atoms with Crippen LogP contribution in [0.2, 0.25) is 0 Å². The van der Waals surface area contributed by atoms with Crippen LogP contribution in [0.1, 0.15) is 37.0 Å². The average Bonchev–Trinajstić information content (AvgIpc) is 3.01. The lowest BCUT2D eigenvalue weighted by molar-refractivity contribution is -0.121. The van der Waals surface area contributed by atoms with Crippen LogP contribution >= 0.6 is 0 Å². The van der Waals surface area contributed by atoms with Crippen LogP contribution in [0.25, 0.3) is 21.9 Å². The van der Waals surface area contributed by atoms with Crippen molar-refractivity contribution in [3.05, 3.63) is 45.5 Å². The second-order valence-corrected chi connectivity index (χ2v) is 7.18. The van der Waals surface area contributed by atoms with Crippen LogP contribution in [0.3, 0.4) is 0 Å². The lowest BCUT2D eigenvalue weighted by atomic mass is 9.98. The Morgan fingerprint density at radius 2 is 1.96 bits per heavy atom. The maximum atomic E-state index is 12.5. The van der Waals surface area contributed by atoms with E-state index in [0.29, 0.717) is 16.7 Å². The van der Waals surface area contributed by atoms with Crippen LogP contribution < -0.4 is 10.9 Å². The van der Waals surface area contributed by atoms with Gasteiger partial charge in [-0.3, -0.25) is 4.79 Å². The smallest absolute Gasteiger partial charge is 0.340 e. The summed E-state index contributed by atoms with van der Waals surface area (Å²) in [6.07, 6.45) is 2.41. The Hall–Kier alpha value is -2.60. The second kappa shape index (κ2) is 7.56. The van der Waals surface area contributed by atoms with E-state index in [0.717, 1.165) is 28.3 Å². The van der Waals surface area contributed by atoms with Gasteiger partial charge in [-0.15, -0.1) is 0 Å². The summed E-state index contributed by atoms with van der Waals surface area (Å²) in [5.41, 5.74) is 2.63. The zero-order valence-corrected chi connectivity index (χ0v) is 16.1. The molecule has 2 atom stereocenters. The number of amides is 1. The Kier molecular flexibility index (Phi) is 5.37. The van der Waals surface area contributed by atoms with Crippen molar-refractivity contribution < 1.29 is 18.7 Å². The molecule has 0 fully saturated rings. The van der Waals surface area contributed by atoms with E-state index >= 15 is 0 Å². The first-order chi connectivity index (χ1) is 12.8. The molecule has 0 aliphatic heterocycles. The highest BCUT2D eigenvalue weighted by atomic mass is 16.4. The Balaban J connectivity index is 1.96. The summed E-state index contributed by atoms with van der Waals surface area (Å²) in [4.78, 5) is 24.9. The van der Waals surface area contributed by atoms with Gasteiger partial charge in [-0.1, -0.05) is 20.3 Å². The predicted molar refractivity (Wildman–Crippen MR) is 104 cm³/mol. The number of aliphatic hydroxyl groups excluding tert-OH is 1.